The third-order valence-electron chi connectivity index (χ3n) is 2.46. The van der Waals surface area contributed by atoms with Crippen molar-refractivity contribution in [3.05, 3.63) is 23.5 Å². The molecular weight excluding hydrogens is 244 g/mol. The molecule has 0 aliphatic carbocycles. The Bertz CT molecular complexity index is 485. The van der Waals surface area contributed by atoms with Crippen LogP contribution in [0.15, 0.2) is 33.6 Å². The van der Waals surface area contributed by atoms with Crippen LogP contribution in [0.4, 0.5) is 0 Å². The van der Waals surface area contributed by atoms with Crippen LogP contribution < -0.4 is 5.32 Å². The fourth-order valence-corrected chi connectivity index (χ4v) is 1.40. The number of allylic oxidation sites excluding steroid dienone is 3. The largest absolute Gasteiger partial charge is 0.305 e. The number of amides is 2. The highest BCUT2D eigenvalue weighted by Gasteiger charge is 2.22. The molecule has 0 spiro atoms. The third kappa shape index (κ3) is 4.50. The molecule has 0 saturated heterocycles. The van der Waals surface area contributed by atoms with E-state index in [0.717, 1.165) is 5.57 Å². The monoisotopic (exact) mass is 262 g/mol. The number of hydrogen-bond donors (Lipinski definition) is 1. The summed E-state index contributed by atoms with van der Waals surface area (Å²) in [6.07, 6.45) is 4.11. The summed E-state index contributed by atoms with van der Waals surface area (Å²) in [5.41, 5.74) is 1.39. The highest BCUT2D eigenvalue weighted by atomic mass is 16.2. The number of nitrogens with one attached hydrogen (secondary N) is 1. The molecule has 0 saturated carbocycles. The van der Waals surface area contributed by atoms with Crippen LogP contribution in [0.3, 0.4) is 0 Å². The van der Waals surface area contributed by atoms with E-state index in [-0.39, 0.29) is 18.2 Å². The van der Waals surface area contributed by atoms with Gasteiger partial charge in [-0.3, -0.25) is 9.59 Å². The van der Waals surface area contributed by atoms with E-state index >= 15 is 0 Å². The Morgan fingerprint density at radius 3 is 2.63 bits per heavy atom. The van der Waals surface area contributed by atoms with E-state index in [1.807, 2.05) is 19.9 Å². The minimum Gasteiger partial charge on any atom is -0.305 e. The number of rotatable bonds is 4. The van der Waals surface area contributed by atoms with Crippen LogP contribution in [-0.2, 0) is 9.59 Å². The molecule has 6 nitrogen and oxygen atoms in total. The standard InChI is InChI=1S/C13H18N4O2/c1-9(2)5-7-11(14-3)15-13(19)10-6-8-12(18)17(4)16-10/h5,7H,3,6,8H2,1-2,4H3,(H,15,19)/b11-7+. The molecule has 2 amide bonds. The first-order chi connectivity index (χ1) is 8.93. The summed E-state index contributed by atoms with van der Waals surface area (Å²) < 4.78 is 0. The number of hydrogen-bond acceptors (Lipinski definition) is 4. The van der Waals surface area contributed by atoms with Gasteiger partial charge in [-0.05, 0) is 26.6 Å². The smallest absolute Gasteiger partial charge is 0.273 e. The molecule has 102 valence electrons. The summed E-state index contributed by atoms with van der Waals surface area (Å²) >= 11 is 0. The molecule has 0 aromatic rings. The Balaban J connectivity index is 2.76. The van der Waals surface area contributed by atoms with Crippen LogP contribution in [0.2, 0.25) is 0 Å². The van der Waals surface area contributed by atoms with Crippen LogP contribution in [0.1, 0.15) is 26.7 Å². The van der Waals surface area contributed by atoms with Crippen molar-refractivity contribution in [3.63, 3.8) is 0 Å². The van der Waals surface area contributed by atoms with Crippen LogP contribution >= 0.6 is 0 Å². The average Bonchev–Trinajstić information content (AvgIpc) is 2.37. The molecule has 0 fully saturated rings. The van der Waals surface area contributed by atoms with Crippen LogP contribution in [0, 0.1) is 0 Å². The molecule has 0 radical (unpaired) electrons. The van der Waals surface area contributed by atoms with Gasteiger partial charge in [0.1, 0.15) is 11.5 Å². The number of carbonyl (C=O) groups excluding carboxylic acids is 2. The van der Waals surface area contributed by atoms with E-state index in [0.29, 0.717) is 18.0 Å². The van der Waals surface area contributed by atoms with Gasteiger partial charge in [0, 0.05) is 19.9 Å². The van der Waals surface area contributed by atoms with Crippen LogP contribution in [0.25, 0.3) is 0 Å². The van der Waals surface area contributed by atoms with Crippen molar-refractivity contribution in [2.24, 2.45) is 10.1 Å². The molecule has 0 bridgehead atoms. The molecule has 1 aliphatic rings. The summed E-state index contributed by atoms with van der Waals surface area (Å²) in [7, 11) is 1.53. The van der Waals surface area contributed by atoms with Crippen molar-refractivity contribution in [1.29, 1.82) is 0 Å². The number of hydrazone groups is 1. The minimum atomic E-state index is -0.361. The van der Waals surface area contributed by atoms with Crippen molar-refractivity contribution < 1.29 is 9.59 Å². The molecule has 0 atom stereocenters. The fourth-order valence-electron chi connectivity index (χ4n) is 1.40. The summed E-state index contributed by atoms with van der Waals surface area (Å²) in [5, 5.41) is 7.72. The zero-order valence-electron chi connectivity index (χ0n) is 11.4. The summed E-state index contributed by atoms with van der Waals surface area (Å²) in [6, 6.07) is 0. The number of carbonyl (C=O) groups is 2. The Hall–Kier alpha value is -2.24. The van der Waals surface area contributed by atoms with Gasteiger partial charge in [0.2, 0.25) is 5.91 Å². The molecule has 0 aromatic heterocycles. The summed E-state index contributed by atoms with van der Waals surface area (Å²) in [5.74, 6) is -0.104. The lowest BCUT2D eigenvalue weighted by atomic mass is 10.1. The predicted molar refractivity (Wildman–Crippen MR) is 74.6 cm³/mol. The van der Waals surface area contributed by atoms with E-state index in [4.69, 9.17) is 0 Å². The van der Waals surface area contributed by atoms with Gasteiger partial charge >= 0.3 is 0 Å². The molecule has 1 aliphatic heterocycles. The van der Waals surface area contributed by atoms with Crippen molar-refractivity contribution in [2.75, 3.05) is 7.05 Å². The highest BCUT2D eigenvalue weighted by molar-refractivity contribution is 6.39. The molecule has 1 rings (SSSR count). The van der Waals surface area contributed by atoms with Gasteiger partial charge in [0.25, 0.3) is 5.91 Å². The van der Waals surface area contributed by atoms with Gasteiger partial charge in [0.15, 0.2) is 0 Å². The van der Waals surface area contributed by atoms with Gasteiger partial charge in [-0.2, -0.15) is 5.10 Å². The maximum atomic E-state index is 11.9. The van der Waals surface area contributed by atoms with E-state index in [1.54, 1.807) is 6.08 Å². The fraction of sp³-hybridized carbons (Fsp3) is 0.385. The Kier molecular flexibility index (Phi) is 5.17. The second-order valence-corrected chi connectivity index (χ2v) is 4.37. The minimum absolute atomic E-state index is 0.0984. The Labute approximate surface area is 112 Å². The van der Waals surface area contributed by atoms with Gasteiger partial charge in [-0.15, -0.1) is 0 Å². The van der Waals surface area contributed by atoms with Crippen molar-refractivity contribution in [2.45, 2.75) is 26.7 Å². The third-order valence-corrected chi connectivity index (χ3v) is 2.46. The molecule has 1 heterocycles. The highest BCUT2D eigenvalue weighted by Crippen LogP contribution is 2.07. The molecule has 0 aromatic carbocycles. The summed E-state index contributed by atoms with van der Waals surface area (Å²) in [4.78, 5) is 26.9. The average molecular weight is 262 g/mol. The molecule has 19 heavy (non-hydrogen) atoms. The number of aliphatic imine (C=N–C) groups is 1. The lowest BCUT2D eigenvalue weighted by molar-refractivity contribution is -0.130. The quantitative estimate of drug-likeness (QED) is 0.611. The Morgan fingerprint density at radius 2 is 2.11 bits per heavy atom. The lowest BCUT2D eigenvalue weighted by Crippen LogP contribution is -2.37. The van der Waals surface area contributed by atoms with Crippen LogP contribution in [0.5, 0.6) is 0 Å². The van der Waals surface area contributed by atoms with E-state index in [9.17, 15) is 9.59 Å². The zero-order valence-corrected chi connectivity index (χ0v) is 11.4. The first-order valence-corrected chi connectivity index (χ1v) is 5.91. The SMILES string of the molecule is C=N/C(=C\C=C(C)C)NC(=O)C1=NN(C)C(=O)CC1. The zero-order chi connectivity index (χ0) is 14.4. The second-order valence-electron chi connectivity index (χ2n) is 4.37. The first-order valence-electron chi connectivity index (χ1n) is 5.91. The summed E-state index contributed by atoms with van der Waals surface area (Å²) in [6.45, 7) is 7.27. The normalized spacial score (nSPS) is 15.7. The van der Waals surface area contributed by atoms with Gasteiger partial charge in [0.05, 0.1) is 0 Å². The van der Waals surface area contributed by atoms with Gasteiger partial charge in [-0.1, -0.05) is 11.6 Å². The Morgan fingerprint density at radius 1 is 1.42 bits per heavy atom. The van der Waals surface area contributed by atoms with Gasteiger partial charge in [-0.25, -0.2) is 10.0 Å². The molecule has 0 unspecified atom stereocenters. The topological polar surface area (TPSA) is 74.1 Å². The number of nitrogens with zero attached hydrogens (tertiary/aromatic N) is 3. The van der Waals surface area contributed by atoms with Crippen molar-refractivity contribution in [3.8, 4) is 0 Å². The predicted octanol–water partition coefficient (Wildman–Crippen LogP) is 1.22. The van der Waals surface area contributed by atoms with Crippen molar-refractivity contribution >= 4 is 24.2 Å². The molecule has 6 heteroatoms. The first kappa shape index (κ1) is 14.8. The molecule has 1 N–H and O–H groups in total. The van der Waals surface area contributed by atoms with Crippen LogP contribution in [-0.4, -0.2) is 36.3 Å². The van der Waals surface area contributed by atoms with E-state index in [1.165, 1.54) is 12.1 Å². The maximum Gasteiger partial charge on any atom is 0.273 e. The van der Waals surface area contributed by atoms with E-state index < -0.39 is 0 Å². The van der Waals surface area contributed by atoms with Crippen molar-refractivity contribution in [1.82, 2.24) is 10.3 Å². The maximum absolute atomic E-state index is 11.9. The van der Waals surface area contributed by atoms with Gasteiger partial charge < -0.3 is 5.32 Å². The van der Waals surface area contributed by atoms with E-state index in [2.05, 4.69) is 22.1 Å². The second kappa shape index (κ2) is 6.63. The molecular formula is C13H18N4O2. The lowest BCUT2D eigenvalue weighted by Gasteiger charge is -2.18.